The largest absolute Gasteiger partial charge is 0.271 e. The molecule has 0 fully saturated rings. The van der Waals surface area contributed by atoms with E-state index in [0.717, 1.165) is 17.3 Å². The Balaban J connectivity index is 1.94. The number of hydrogen-bond acceptors (Lipinski definition) is 3. The first-order valence-electron chi connectivity index (χ1n) is 6.45. The molecule has 19 heavy (non-hydrogen) atoms. The third-order valence-corrected chi connectivity index (χ3v) is 4.34. The molecule has 0 saturated heterocycles. The minimum absolute atomic E-state index is 0.115. The van der Waals surface area contributed by atoms with Gasteiger partial charge in [-0.25, -0.2) is 0 Å². The number of hydrazine groups is 1. The van der Waals surface area contributed by atoms with Gasteiger partial charge < -0.3 is 0 Å². The van der Waals surface area contributed by atoms with Crippen LogP contribution in [0.25, 0.3) is 0 Å². The summed E-state index contributed by atoms with van der Waals surface area (Å²) in [6, 6.07) is 12.6. The van der Waals surface area contributed by atoms with Gasteiger partial charge in [-0.1, -0.05) is 34.1 Å². The van der Waals surface area contributed by atoms with Crippen LogP contribution in [-0.2, 0) is 6.42 Å². The lowest BCUT2D eigenvalue weighted by Gasteiger charge is -2.23. The predicted octanol–water partition coefficient (Wildman–Crippen LogP) is 3.08. The molecule has 1 aromatic carbocycles. The first-order chi connectivity index (χ1) is 9.29. The maximum Gasteiger partial charge on any atom is 0.0543 e. The minimum atomic E-state index is 0.115. The van der Waals surface area contributed by atoms with Crippen molar-refractivity contribution in [2.45, 2.75) is 24.8 Å². The number of hydrogen-bond donors (Lipinski definition) is 2. The fourth-order valence-corrected chi connectivity index (χ4v) is 3.15. The van der Waals surface area contributed by atoms with Crippen LogP contribution >= 0.6 is 15.9 Å². The molecule has 0 radical (unpaired) electrons. The molecule has 2 atom stereocenters. The smallest absolute Gasteiger partial charge is 0.0543 e. The topological polar surface area (TPSA) is 50.9 Å². The molecular weight excluding hydrogens is 302 g/mol. The van der Waals surface area contributed by atoms with E-state index in [1.165, 1.54) is 16.8 Å². The number of benzene rings is 1. The summed E-state index contributed by atoms with van der Waals surface area (Å²) in [5.41, 5.74) is 6.71. The van der Waals surface area contributed by atoms with Crippen molar-refractivity contribution in [1.29, 1.82) is 0 Å². The Labute approximate surface area is 121 Å². The van der Waals surface area contributed by atoms with Crippen molar-refractivity contribution in [2.75, 3.05) is 0 Å². The fraction of sp³-hybridized carbons (Fsp3) is 0.267. The van der Waals surface area contributed by atoms with E-state index in [1.807, 2.05) is 24.4 Å². The van der Waals surface area contributed by atoms with E-state index >= 15 is 0 Å². The van der Waals surface area contributed by atoms with E-state index in [4.69, 9.17) is 5.84 Å². The third-order valence-electron chi connectivity index (χ3n) is 3.81. The highest BCUT2D eigenvalue weighted by Gasteiger charge is 2.31. The number of nitrogens with one attached hydrogen (secondary N) is 1. The number of nitrogens with zero attached hydrogens (tertiary/aromatic N) is 1. The van der Waals surface area contributed by atoms with Gasteiger partial charge in [0.25, 0.3) is 0 Å². The van der Waals surface area contributed by atoms with Crippen molar-refractivity contribution in [3.63, 3.8) is 0 Å². The van der Waals surface area contributed by atoms with Crippen LogP contribution < -0.4 is 11.3 Å². The summed E-state index contributed by atoms with van der Waals surface area (Å²) in [5.74, 6) is 6.14. The van der Waals surface area contributed by atoms with Crippen LogP contribution in [0.3, 0.4) is 0 Å². The molecule has 98 valence electrons. The number of aromatic nitrogens is 1. The summed E-state index contributed by atoms with van der Waals surface area (Å²) in [7, 11) is 0. The van der Waals surface area contributed by atoms with Gasteiger partial charge in [0.2, 0.25) is 0 Å². The zero-order valence-electron chi connectivity index (χ0n) is 10.5. The van der Waals surface area contributed by atoms with Crippen molar-refractivity contribution >= 4 is 15.9 Å². The van der Waals surface area contributed by atoms with E-state index < -0.39 is 0 Å². The molecule has 2 aromatic rings. The molecule has 1 heterocycles. The van der Waals surface area contributed by atoms with Crippen molar-refractivity contribution in [1.82, 2.24) is 10.4 Å². The second kappa shape index (κ2) is 5.41. The SMILES string of the molecule is NNC(c1ccc(Br)cc1)C1CCc2cccnc21. The van der Waals surface area contributed by atoms with E-state index in [2.05, 4.69) is 44.5 Å². The van der Waals surface area contributed by atoms with E-state index in [0.29, 0.717) is 5.92 Å². The Hall–Kier alpha value is -1.23. The van der Waals surface area contributed by atoms with E-state index in [-0.39, 0.29) is 6.04 Å². The summed E-state index contributed by atoms with van der Waals surface area (Å²) in [5, 5.41) is 0. The molecule has 4 heteroatoms. The fourth-order valence-electron chi connectivity index (χ4n) is 2.88. The second-order valence-electron chi connectivity index (χ2n) is 4.89. The molecule has 0 amide bonds. The number of rotatable bonds is 3. The molecule has 0 spiro atoms. The van der Waals surface area contributed by atoms with Gasteiger partial charge in [-0.15, -0.1) is 0 Å². The summed E-state index contributed by atoms with van der Waals surface area (Å²) in [4.78, 5) is 4.55. The first-order valence-corrected chi connectivity index (χ1v) is 7.24. The summed E-state index contributed by atoms with van der Waals surface area (Å²) >= 11 is 3.46. The highest BCUT2D eigenvalue weighted by atomic mass is 79.9. The zero-order chi connectivity index (χ0) is 13.2. The zero-order valence-corrected chi connectivity index (χ0v) is 12.1. The van der Waals surface area contributed by atoms with Gasteiger partial charge in [0.05, 0.1) is 6.04 Å². The molecule has 1 aliphatic carbocycles. The van der Waals surface area contributed by atoms with Gasteiger partial charge in [-0.3, -0.25) is 16.3 Å². The average molecular weight is 318 g/mol. The van der Waals surface area contributed by atoms with E-state index in [9.17, 15) is 0 Å². The number of halogens is 1. The number of nitrogens with two attached hydrogens (primary N) is 1. The van der Waals surface area contributed by atoms with Crippen molar-refractivity contribution < 1.29 is 0 Å². The van der Waals surface area contributed by atoms with E-state index in [1.54, 1.807) is 0 Å². The Morgan fingerprint density at radius 1 is 1.26 bits per heavy atom. The Bertz CT molecular complexity index is 568. The third kappa shape index (κ3) is 2.43. The van der Waals surface area contributed by atoms with Crippen LogP contribution in [0.5, 0.6) is 0 Å². The normalized spacial score (nSPS) is 19.2. The molecule has 0 bridgehead atoms. The number of pyridine rings is 1. The van der Waals surface area contributed by atoms with Gasteiger partial charge in [-0.05, 0) is 42.2 Å². The maximum atomic E-state index is 5.79. The Morgan fingerprint density at radius 3 is 2.79 bits per heavy atom. The number of fused-ring (bicyclic) bond motifs is 1. The van der Waals surface area contributed by atoms with Crippen LogP contribution in [-0.4, -0.2) is 4.98 Å². The molecule has 1 aliphatic rings. The molecule has 3 N–H and O–H groups in total. The van der Waals surface area contributed by atoms with Gasteiger partial charge in [0.15, 0.2) is 0 Å². The van der Waals surface area contributed by atoms with Gasteiger partial charge >= 0.3 is 0 Å². The van der Waals surface area contributed by atoms with Crippen LogP contribution in [0, 0.1) is 0 Å². The van der Waals surface area contributed by atoms with Crippen molar-refractivity contribution in [3.05, 3.63) is 63.9 Å². The molecule has 0 aliphatic heterocycles. The van der Waals surface area contributed by atoms with Crippen molar-refractivity contribution in [2.24, 2.45) is 5.84 Å². The van der Waals surface area contributed by atoms with Crippen molar-refractivity contribution in [3.8, 4) is 0 Å². The highest BCUT2D eigenvalue weighted by molar-refractivity contribution is 9.10. The monoisotopic (exact) mass is 317 g/mol. The summed E-state index contributed by atoms with van der Waals surface area (Å²) in [6.07, 6.45) is 4.05. The maximum absolute atomic E-state index is 5.79. The lowest BCUT2D eigenvalue weighted by Crippen LogP contribution is -2.32. The van der Waals surface area contributed by atoms with Gasteiger partial charge in [0, 0.05) is 22.3 Å². The van der Waals surface area contributed by atoms with Gasteiger partial charge in [-0.2, -0.15) is 0 Å². The lowest BCUT2D eigenvalue weighted by molar-refractivity contribution is 0.447. The molecular formula is C15H16BrN3. The molecule has 3 rings (SSSR count). The van der Waals surface area contributed by atoms with Crippen LogP contribution in [0.15, 0.2) is 47.1 Å². The second-order valence-corrected chi connectivity index (χ2v) is 5.80. The quantitative estimate of drug-likeness (QED) is 0.675. The first kappa shape index (κ1) is 12.8. The van der Waals surface area contributed by atoms with Crippen LogP contribution in [0.1, 0.15) is 35.2 Å². The molecule has 3 nitrogen and oxygen atoms in total. The predicted molar refractivity (Wildman–Crippen MR) is 79.5 cm³/mol. The summed E-state index contributed by atoms with van der Waals surface area (Å²) < 4.78 is 1.08. The average Bonchev–Trinajstić information content (AvgIpc) is 2.86. The minimum Gasteiger partial charge on any atom is -0.271 e. The highest BCUT2D eigenvalue weighted by Crippen LogP contribution is 2.40. The molecule has 1 aromatic heterocycles. The van der Waals surface area contributed by atoms with Crippen LogP contribution in [0.2, 0.25) is 0 Å². The summed E-state index contributed by atoms with van der Waals surface area (Å²) in [6.45, 7) is 0. The van der Waals surface area contributed by atoms with Gasteiger partial charge in [0.1, 0.15) is 0 Å². The standard InChI is InChI=1S/C15H16BrN3/c16-12-6-3-11(4-7-12)15(19-17)13-8-5-10-2-1-9-18-14(10)13/h1-4,6-7,9,13,15,19H,5,8,17H2. The molecule has 2 unspecified atom stereocenters. The molecule has 0 saturated carbocycles. The number of aryl methyl sites for hydroxylation is 1. The lowest BCUT2D eigenvalue weighted by atomic mass is 9.91. The Morgan fingerprint density at radius 2 is 2.05 bits per heavy atom. The Kier molecular flexibility index (Phi) is 3.64. The van der Waals surface area contributed by atoms with Crippen LogP contribution in [0.4, 0.5) is 0 Å².